The zero-order valence-electron chi connectivity index (χ0n) is 13.6. The summed E-state index contributed by atoms with van der Waals surface area (Å²) in [7, 11) is 0. The predicted molar refractivity (Wildman–Crippen MR) is 91.5 cm³/mol. The molecule has 6 heteroatoms. The number of benzene rings is 1. The minimum Gasteiger partial charge on any atom is -0.454 e. The molecule has 6 nitrogen and oxygen atoms in total. The number of amides is 1. The van der Waals surface area contributed by atoms with E-state index in [-0.39, 0.29) is 19.1 Å². The quantitative estimate of drug-likeness (QED) is 0.759. The Morgan fingerprint density at radius 2 is 2.16 bits per heavy atom. The van der Waals surface area contributed by atoms with E-state index >= 15 is 0 Å². The van der Waals surface area contributed by atoms with Crippen LogP contribution in [-0.2, 0) is 11.3 Å². The maximum Gasteiger partial charge on any atom is 0.246 e. The van der Waals surface area contributed by atoms with E-state index in [0.717, 1.165) is 11.3 Å². The van der Waals surface area contributed by atoms with Gasteiger partial charge in [0.05, 0.1) is 24.7 Å². The number of rotatable bonds is 6. The van der Waals surface area contributed by atoms with Gasteiger partial charge in [0.25, 0.3) is 0 Å². The van der Waals surface area contributed by atoms with E-state index in [0.29, 0.717) is 24.6 Å². The summed E-state index contributed by atoms with van der Waals surface area (Å²) in [5.41, 5.74) is 1.63. The Kier molecular flexibility index (Phi) is 5.27. The number of pyridine rings is 1. The molecule has 0 aliphatic carbocycles. The molecule has 0 bridgehead atoms. The third-order valence-corrected chi connectivity index (χ3v) is 3.70. The standard InChI is InChI=1S/C19H17N3O3/c20-9-3-11-22(13-16-4-1-2-10-21-16)19(23)8-6-15-5-7-17-18(12-15)25-14-24-17/h1-2,4-8,10,12H,3,11,13-14H2/b8-6-. The van der Waals surface area contributed by atoms with E-state index in [2.05, 4.69) is 11.1 Å². The smallest absolute Gasteiger partial charge is 0.246 e. The summed E-state index contributed by atoms with van der Waals surface area (Å²) in [5, 5.41) is 8.81. The lowest BCUT2D eigenvalue weighted by molar-refractivity contribution is -0.126. The van der Waals surface area contributed by atoms with Gasteiger partial charge in [-0.1, -0.05) is 12.1 Å². The fourth-order valence-electron chi connectivity index (χ4n) is 2.43. The van der Waals surface area contributed by atoms with Crippen molar-refractivity contribution >= 4 is 12.0 Å². The molecule has 1 amide bonds. The van der Waals surface area contributed by atoms with Crippen molar-refractivity contribution in [1.29, 1.82) is 5.26 Å². The first-order valence-electron chi connectivity index (χ1n) is 7.90. The van der Waals surface area contributed by atoms with Crippen LogP contribution >= 0.6 is 0 Å². The second-order valence-electron chi connectivity index (χ2n) is 5.44. The molecular formula is C19H17N3O3. The number of carbonyl (C=O) groups excluding carboxylic acids is 1. The van der Waals surface area contributed by atoms with Crippen LogP contribution in [0.1, 0.15) is 17.7 Å². The van der Waals surface area contributed by atoms with Crippen LogP contribution in [0.2, 0.25) is 0 Å². The summed E-state index contributed by atoms with van der Waals surface area (Å²) >= 11 is 0. The predicted octanol–water partition coefficient (Wildman–Crippen LogP) is 2.77. The number of aromatic nitrogens is 1. The zero-order chi connectivity index (χ0) is 17.5. The highest BCUT2D eigenvalue weighted by atomic mass is 16.7. The minimum absolute atomic E-state index is 0.168. The molecular weight excluding hydrogens is 318 g/mol. The second-order valence-corrected chi connectivity index (χ2v) is 5.44. The largest absolute Gasteiger partial charge is 0.454 e. The van der Waals surface area contributed by atoms with Crippen molar-refractivity contribution in [2.45, 2.75) is 13.0 Å². The van der Waals surface area contributed by atoms with Gasteiger partial charge < -0.3 is 14.4 Å². The Morgan fingerprint density at radius 3 is 2.96 bits per heavy atom. The molecule has 0 saturated heterocycles. The van der Waals surface area contributed by atoms with Gasteiger partial charge in [0, 0.05) is 18.8 Å². The number of hydrogen-bond acceptors (Lipinski definition) is 5. The van der Waals surface area contributed by atoms with Gasteiger partial charge in [-0.15, -0.1) is 0 Å². The molecule has 0 saturated carbocycles. The molecule has 1 aliphatic heterocycles. The normalized spacial score (nSPS) is 12.1. The van der Waals surface area contributed by atoms with Crippen LogP contribution in [0.3, 0.4) is 0 Å². The van der Waals surface area contributed by atoms with Crippen molar-refractivity contribution in [3.8, 4) is 17.6 Å². The summed E-state index contributed by atoms with van der Waals surface area (Å²) in [6.07, 6.45) is 5.18. The van der Waals surface area contributed by atoms with E-state index in [1.54, 1.807) is 17.2 Å². The maximum atomic E-state index is 12.5. The van der Waals surface area contributed by atoms with Crippen LogP contribution in [-0.4, -0.2) is 29.1 Å². The number of nitrogens with zero attached hydrogens (tertiary/aromatic N) is 3. The Labute approximate surface area is 145 Å². The van der Waals surface area contributed by atoms with E-state index < -0.39 is 0 Å². The van der Waals surface area contributed by atoms with Crippen molar-refractivity contribution in [3.63, 3.8) is 0 Å². The molecule has 0 spiro atoms. The van der Waals surface area contributed by atoms with Crippen LogP contribution in [0.25, 0.3) is 6.08 Å². The lowest BCUT2D eigenvalue weighted by Gasteiger charge is -2.19. The fraction of sp³-hybridized carbons (Fsp3) is 0.211. The third-order valence-electron chi connectivity index (χ3n) is 3.70. The average molecular weight is 335 g/mol. The highest BCUT2D eigenvalue weighted by Crippen LogP contribution is 2.32. The van der Waals surface area contributed by atoms with Crippen LogP contribution in [0.15, 0.2) is 48.7 Å². The van der Waals surface area contributed by atoms with Gasteiger partial charge in [-0.2, -0.15) is 5.26 Å². The fourth-order valence-corrected chi connectivity index (χ4v) is 2.43. The topological polar surface area (TPSA) is 75.5 Å². The molecule has 3 rings (SSSR count). The molecule has 2 heterocycles. The Hall–Kier alpha value is -3.33. The van der Waals surface area contributed by atoms with E-state index in [1.165, 1.54) is 6.08 Å². The van der Waals surface area contributed by atoms with Crippen molar-refractivity contribution in [2.75, 3.05) is 13.3 Å². The van der Waals surface area contributed by atoms with Gasteiger partial charge in [0.2, 0.25) is 12.7 Å². The van der Waals surface area contributed by atoms with Gasteiger partial charge in [0.1, 0.15) is 0 Å². The van der Waals surface area contributed by atoms with Crippen LogP contribution in [0, 0.1) is 11.3 Å². The SMILES string of the molecule is N#CCCN(Cc1ccccn1)C(=O)/C=C\c1ccc2c(c1)OCO2. The minimum atomic E-state index is -0.168. The van der Waals surface area contributed by atoms with E-state index in [4.69, 9.17) is 14.7 Å². The van der Waals surface area contributed by atoms with Gasteiger partial charge >= 0.3 is 0 Å². The molecule has 1 aromatic heterocycles. The summed E-state index contributed by atoms with van der Waals surface area (Å²) in [6, 6.07) is 13.1. The first-order chi connectivity index (χ1) is 12.3. The molecule has 1 aliphatic rings. The molecule has 2 aromatic rings. The van der Waals surface area contributed by atoms with Crippen LogP contribution in [0.4, 0.5) is 0 Å². The summed E-state index contributed by atoms with van der Waals surface area (Å²) in [5.74, 6) is 1.21. The Bertz CT molecular complexity index is 812. The van der Waals surface area contributed by atoms with Crippen LogP contribution < -0.4 is 9.47 Å². The van der Waals surface area contributed by atoms with Gasteiger partial charge in [-0.05, 0) is 35.9 Å². The number of fused-ring (bicyclic) bond motifs is 1. The number of nitriles is 1. The highest BCUT2D eigenvalue weighted by molar-refractivity contribution is 5.91. The molecule has 0 unspecified atom stereocenters. The van der Waals surface area contributed by atoms with Crippen molar-refractivity contribution in [3.05, 3.63) is 59.9 Å². The zero-order valence-corrected chi connectivity index (χ0v) is 13.6. The Morgan fingerprint density at radius 1 is 1.28 bits per heavy atom. The third kappa shape index (κ3) is 4.36. The summed E-state index contributed by atoms with van der Waals surface area (Å²) < 4.78 is 10.6. The Balaban J connectivity index is 1.70. The number of carbonyl (C=O) groups is 1. The first kappa shape index (κ1) is 16.5. The van der Waals surface area contributed by atoms with Gasteiger partial charge in [-0.25, -0.2) is 0 Å². The molecule has 0 atom stereocenters. The lowest BCUT2D eigenvalue weighted by Crippen LogP contribution is -2.30. The van der Waals surface area contributed by atoms with E-state index in [9.17, 15) is 4.79 Å². The van der Waals surface area contributed by atoms with Crippen molar-refractivity contribution in [2.24, 2.45) is 0 Å². The number of hydrogen-bond donors (Lipinski definition) is 0. The van der Waals surface area contributed by atoms with Crippen molar-refractivity contribution in [1.82, 2.24) is 9.88 Å². The summed E-state index contributed by atoms with van der Waals surface area (Å²) in [4.78, 5) is 18.3. The second kappa shape index (κ2) is 7.97. The molecule has 0 N–H and O–H groups in total. The van der Waals surface area contributed by atoms with Gasteiger partial charge in [-0.3, -0.25) is 9.78 Å². The monoisotopic (exact) mass is 335 g/mol. The average Bonchev–Trinajstić information content (AvgIpc) is 3.11. The van der Waals surface area contributed by atoms with Crippen molar-refractivity contribution < 1.29 is 14.3 Å². The first-order valence-corrected chi connectivity index (χ1v) is 7.90. The molecule has 1 aromatic carbocycles. The summed E-state index contributed by atoms with van der Waals surface area (Å²) in [6.45, 7) is 0.942. The molecule has 0 radical (unpaired) electrons. The molecule has 126 valence electrons. The lowest BCUT2D eigenvalue weighted by atomic mass is 10.2. The maximum absolute atomic E-state index is 12.5. The molecule has 0 fully saturated rings. The highest BCUT2D eigenvalue weighted by Gasteiger charge is 2.14. The van der Waals surface area contributed by atoms with E-state index in [1.807, 2.05) is 36.4 Å². The number of ether oxygens (including phenoxy) is 2. The molecule has 25 heavy (non-hydrogen) atoms. The van der Waals surface area contributed by atoms with Crippen LogP contribution in [0.5, 0.6) is 11.5 Å². The van der Waals surface area contributed by atoms with Gasteiger partial charge in [0.15, 0.2) is 11.5 Å².